The van der Waals surface area contributed by atoms with Crippen molar-refractivity contribution in [3.8, 4) is 0 Å². The highest BCUT2D eigenvalue weighted by Gasteiger charge is 2.20. The van der Waals surface area contributed by atoms with E-state index in [4.69, 9.17) is 0 Å². The number of allylic oxidation sites excluding steroid dienone is 2. The Labute approximate surface area is 352 Å². The van der Waals surface area contributed by atoms with Crippen molar-refractivity contribution in [2.24, 2.45) is 0 Å². The average Bonchev–Trinajstić information content (AvgIpc) is 3.20. The summed E-state index contributed by atoms with van der Waals surface area (Å²) in [5.74, 6) is -0.0267. The molecule has 0 heterocycles. The van der Waals surface area contributed by atoms with Gasteiger partial charge >= 0.3 is 0 Å². The summed E-state index contributed by atoms with van der Waals surface area (Å²) in [6.45, 7) is 4.38. The van der Waals surface area contributed by atoms with Crippen LogP contribution in [0.3, 0.4) is 0 Å². The molecule has 1 amide bonds. The number of aliphatic hydroxyl groups excluding tert-OH is 2. The van der Waals surface area contributed by atoms with Gasteiger partial charge in [0.2, 0.25) is 5.91 Å². The summed E-state index contributed by atoms with van der Waals surface area (Å²) in [5, 5.41) is 23.2. The number of hydrogen-bond donors (Lipinski definition) is 3. The number of aliphatic hydroxyl groups is 2. The van der Waals surface area contributed by atoms with E-state index in [1.807, 2.05) is 0 Å². The zero-order chi connectivity index (χ0) is 40.7. The molecule has 4 nitrogen and oxygen atoms in total. The molecule has 0 aromatic rings. The third kappa shape index (κ3) is 44.2. The van der Waals surface area contributed by atoms with E-state index in [1.165, 1.54) is 244 Å². The van der Waals surface area contributed by atoms with E-state index in [0.29, 0.717) is 12.8 Å². The molecule has 334 valence electrons. The summed E-state index contributed by atoms with van der Waals surface area (Å²) in [7, 11) is 0. The first kappa shape index (κ1) is 55.1. The van der Waals surface area contributed by atoms with E-state index in [-0.39, 0.29) is 12.5 Å². The van der Waals surface area contributed by atoms with E-state index in [1.54, 1.807) is 0 Å². The maximum absolute atomic E-state index is 12.4. The number of carbonyl (C=O) groups excluding carboxylic acids is 1. The second-order valence-corrected chi connectivity index (χ2v) is 17.9. The van der Waals surface area contributed by atoms with Crippen LogP contribution in [0.2, 0.25) is 0 Å². The third-order valence-corrected chi connectivity index (χ3v) is 12.3. The molecule has 0 aromatic heterocycles. The van der Waals surface area contributed by atoms with Gasteiger partial charge < -0.3 is 15.5 Å². The molecule has 0 aliphatic carbocycles. The number of rotatable bonds is 48. The molecule has 2 unspecified atom stereocenters. The number of carbonyl (C=O) groups is 1. The molecule has 0 saturated carbocycles. The van der Waals surface area contributed by atoms with Gasteiger partial charge in [0.05, 0.1) is 18.8 Å². The quantitative estimate of drug-likeness (QED) is 0.0425. The summed E-state index contributed by atoms with van der Waals surface area (Å²) < 4.78 is 0. The molecule has 0 fully saturated rings. The fourth-order valence-electron chi connectivity index (χ4n) is 8.30. The molecule has 56 heavy (non-hydrogen) atoms. The van der Waals surface area contributed by atoms with Crippen molar-refractivity contribution in [1.82, 2.24) is 5.32 Å². The standard InChI is InChI=1S/C52H103NO3/c1-3-5-7-9-11-13-15-17-19-20-21-22-23-24-25-26-27-28-29-30-31-32-33-34-36-38-40-42-44-46-48-52(56)53-50(49-54)51(55)47-45-43-41-39-37-35-18-16-14-12-10-8-6-4-2/h24-25,50-51,54-55H,3-23,26-49H2,1-2H3,(H,53,56)/b25-24-. The minimum Gasteiger partial charge on any atom is -0.394 e. The van der Waals surface area contributed by atoms with Crippen molar-refractivity contribution in [1.29, 1.82) is 0 Å². The maximum atomic E-state index is 12.4. The molecular formula is C52H103NO3. The minimum atomic E-state index is -0.655. The van der Waals surface area contributed by atoms with Gasteiger partial charge in [0.15, 0.2) is 0 Å². The van der Waals surface area contributed by atoms with Crippen molar-refractivity contribution >= 4 is 5.91 Å². The monoisotopic (exact) mass is 790 g/mol. The first-order valence-electron chi connectivity index (χ1n) is 25.9. The summed E-state index contributed by atoms with van der Waals surface area (Å²) in [4.78, 5) is 12.4. The van der Waals surface area contributed by atoms with Crippen LogP contribution < -0.4 is 5.32 Å². The molecule has 4 heteroatoms. The second-order valence-electron chi connectivity index (χ2n) is 17.9. The van der Waals surface area contributed by atoms with Crippen LogP contribution in [0.4, 0.5) is 0 Å². The van der Waals surface area contributed by atoms with Crippen molar-refractivity contribution in [3.63, 3.8) is 0 Å². The van der Waals surface area contributed by atoms with E-state index >= 15 is 0 Å². The normalized spacial score (nSPS) is 12.9. The summed E-state index contributed by atoms with van der Waals surface area (Å²) in [5.41, 5.74) is 0. The van der Waals surface area contributed by atoms with Crippen LogP contribution in [0.15, 0.2) is 12.2 Å². The van der Waals surface area contributed by atoms with Crippen molar-refractivity contribution in [2.45, 2.75) is 309 Å². The van der Waals surface area contributed by atoms with Crippen molar-refractivity contribution in [2.75, 3.05) is 6.61 Å². The first-order chi connectivity index (χ1) is 27.7. The van der Waals surface area contributed by atoms with Crippen LogP contribution >= 0.6 is 0 Å². The zero-order valence-corrected chi connectivity index (χ0v) is 38.4. The molecule has 0 spiro atoms. The first-order valence-corrected chi connectivity index (χ1v) is 25.9. The molecular weight excluding hydrogens is 687 g/mol. The topological polar surface area (TPSA) is 69.6 Å². The molecule has 0 aliphatic heterocycles. The lowest BCUT2D eigenvalue weighted by Crippen LogP contribution is -2.45. The number of hydrogen-bond acceptors (Lipinski definition) is 3. The van der Waals surface area contributed by atoms with Crippen LogP contribution in [0.25, 0.3) is 0 Å². The number of nitrogens with one attached hydrogen (secondary N) is 1. The molecule has 3 N–H and O–H groups in total. The Morgan fingerprint density at radius 3 is 0.982 bits per heavy atom. The van der Waals surface area contributed by atoms with Gasteiger partial charge in [0.1, 0.15) is 0 Å². The van der Waals surface area contributed by atoms with E-state index in [2.05, 4.69) is 31.3 Å². The summed E-state index contributed by atoms with van der Waals surface area (Å²) in [6.07, 6.45) is 61.8. The minimum absolute atomic E-state index is 0.0267. The highest BCUT2D eigenvalue weighted by atomic mass is 16.3. The lowest BCUT2D eigenvalue weighted by molar-refractivity contribution is -0.123. The van der Waals surface area contributed by atoms with Gasteiger partial charge in [-0.2, -0.15) is 0 Å². The highest BCUT2D eigenvalue weighted by molar-refractivity contribution is 5.76. The Bertz CT molecular complexity index is 769. The van der Waals surface area contributed by atoms with Crippen molar-refractivity contribution in [3.05, 3.63) is 12.2 Å². The summed E-state index contributed by atoms with van der Waals surface area (Å²) in [6, 6.07) is -0.532. The average molecular weight is 790 g/mol. The van der Waals surface area contributed by atoms with Gasteiger partial charge in [0, 0.05) is 6.42 Å². The number of amides is 1. The van der Waals surface area contributed by atoms with Gasteiger partial charge in [-0.25, -0.2) is 0 Å². The molecule has 0 bridgehead atoms. The van der Waals surface area contributed by atoms with Gasteiger partial charge in [-0.05, 0) is 38.5 Å². The Hall–Kier alpha value is -0.870. The van der Waals surface area contributed by atoms with Crippen LogP contribution in [0, 0.1) is 0 Å². The van der Waals surface area contributed by atoms with Crippen LogP contribution in [0.1, 0.15) is 296 Å². The fourth-order valence-corrected chi connectivity index (χ4v) is 8.30. The molecule has 0 rings (SSSR count). The smallest absolute Gasteiger partial charge is 0.220 e. The Morgan fingerprint density at radius 2 is 0.679 bits per heavy atom. The van der Waals surface area contributed by atoms with Gasteiger partial charge in [0.25, 0.3) is 0 Å². The van der Waals surface area contributed by atoms with Crippen molar-refractivity contribution < 1.29 is 15.0 Å². The Kier molecular flexibility index (Phi) is 47.7. The van der Waals surface area contributed by atoms with Gasteiger partial charge in [-0.15, -0.1) is 0 Å². The van der Waals surface area contributed by atoms with Crippen LogP contribution in [-0.2, 0) is 4.79 Å². The lowest BCUT2D eigenvalue weighted by Gasteiger charge is -2.22. The molecule has 0 radical (unpaired) electrons. The predicted molar refractivity (Wildman–Crippen MR) is 249 cm³/mol. The fraction of sp³-hybridized carbons (Fsp3) is 0.942. The maximum Gasteiger partial charge on any atom is 0.220 e. The zero-order valence-electron chi connectivity index (χ0n) is 38.4. The molecule has 2 atom stereocenters. The molecule has 0 saturated heterocycles. The Balaban J connectivity index is 3.41. The van der Waals surface area contributed by atoms with Gasteiger partial charge in [-0.3, -0.25) is 4.79 Å². The summed E-state index contributed by atoms with van der Waals surface area (Å²) >= 11 is 0. The molecule has 0 aliphatic rings. The second kappa shape index (κ2) is 48.5. The lowest BCUT2D eigenvalue weighted by atomic mass is 10.0. The van der Waals surface area contributed by atoms with E-state index < -0.39 is 12.1 Å². The Morgan fingerprint density at radius 1 is 0.411 bits per heavy atom. The van der Waals surface area contributed by atoms with Gasteiger partial charge in [-0.1, -0.05) is 264 Å². The van der Waals surface area contributed by atoms with E-state index in [0.717, 1.165) is 25.7 Å². The molecule has 0 aromatic carbocycles. The number of unbranched alkanes of at least 4 members (excludes halogenated alkanes) is 39. The SMILES string of the molecule is CCCCCCCCCCCCCC/C=C\CCCCCCCCCCCCCCCCC(=O)NC(CO)C(O)CCCCCCCCCCCCCCCC. The predicted octanol–water partition coefficient (Wildman–Crippen LogP) is 16.6. The van der Waals surface area contributed by atoms with Crippen LogP contribution in [0.5, 0.6) is 0 Å². The van der Waals surface area contributed by atoms with Crippen LogP contribution in [-0.4, -0.2) is 34.9 Å². The van der Waals surface area contributed by atoms with E-state index in [9.17, 15) is 15.0 Å². The third-order valence-electron chi connectivity index (χ3n) is 12.3. The largest absolute Gasteiger partial charge is 0.394 e. The highest BCUT2D eigenvalue weighted by Crippen LogP contribution is 2.17.